The minimum absolute atomic E-state index is 0.0444. The summed E-state index contributed by atoms with van der Waals surface area (Å²) >= 11 is 0. The van der Waals surface area contributed by atoms with Crippen LogP contribution in [0.15, 0.2) is 0 Å². The quantitative estimate of drug-likeness (QED) is 0.768. The Hall–Kier alpha value is -0.630. The minimum atomic E-state index is 0.0444. The highest BCUT2D eigenvalue weighted by molar-refractivity contribution is 4.96. The Morgan fingerprint density at radius 3 is 2.53 bits per heavy atom. The zero-order valence-electron chi connectivity index (χ0n) is 10.3. The van der Waals surface area contributed by atoms with E-state index in [9.17, 15) is 0 Å². The number of nitrogens with one attached hydrogen (secondary N) is 1. The van der Waals surface area contributed by atoms with Crippen LogP contribution in [0.25, 0.3) is 0 Å². The van der Waals surface area contributed by atoms with Gasteiger partial charge in [-0.1, -0.05) is 0 Å². The van der Waals surface area contributed by atoms with E-state index in [-0.39, 0.29) is 6.04 Å². The zero-order chi connectivity index (χ0) is 11.7. The second kappa shape index (κ2) is 4.93. The molecule has 1 saturated carbocycles. The van der Waals surface area contributed by atoms with E-state index >= 15 is 0 Å². The van der Waals surface area contributed by atoms with Crippen LogP contribution in [0.4, 0.5) is 0 Å². The highest BCUT2D eigenvalue weighted by Crippen LogP contribution is 2.26. The molecule has 3 atom stereocenters. The van der Waals surface area contributed by atoms with Crippen LogP contribution in [0, 0.1) is 11.3 Å². The Bertz CT molecular complexity index is 298. The van der Waals surface area contributed by atoms with Gasteiger partial charge < -0.3 is 4.74 Å². The van der Waals surface area contributed by atoms with Gasteiger partial charge in [-0.25, -0.2) is 0 Å². The fourth-order valence-corrected chi connectivity index (χ4v) is 2.91. The Morgan fingerprint density at radius 1 is 1.24 bits per heavy atom. The highest BCUT2D eigenvalue weighted by Gasteiger charge is 2.33. The Balaban J connectivity index is 1.42. The summed E-state index contributed by atoms with van der Waals surface area (Å²) in [6, 6.07) is 3.05. The topological polar surface area (TPSA) is 48.3 Å². The summed E-state index contributed by atoms with van der Waals surface area (Å²) < 4.78 is 5.81. The molecule has 0 radical (unpaired) electrons. The smallest absolute Gasteiger partial charge is 0.0967 e. The number of likely N-dealkylation sites (tertiary alicyclic amines) is 1. The highest BCUT2D eigenvalue weighted by atomic mass is 16.5. The van der Waals surface area contributed by atoms with E-state index in [0.717, 1.165) is 26.1 Å². The molecule has 3 aliphatic rings. The Labute approximate surface area is 103 Å². The molecule has 0 aromatic rings. The number of nitrogens with zero attached hydrogens (tertiary/aromatic N) is 2. The van der Waals surface area contributed by atoms with E-state index in [4.69, 9.17) is 10.00 Å². The molecule has 1 aliphatic carbocycles. The van der Waals surface area contributed by atoms with E-state index in [1.165, 1.54) is 25.7 Å². The van der Waals surface area contributed by atoms with Crippen LogP contribution in [-0.2, 0) is 4.74 Å². The number of rotatable bonds is 5. The predicted octanol–water partition coefficient (Wildman–Crippen LogP) is 0.884. The monoisotopic (exact) mass is 235 g/mol. The normalized spacial score (nSPS) is 34.5. The molecule has 2 saturated heterocycles. The molecule has 2 heterocycles. The molecule has 2 bridgehead atoms. The summed E-state index contributed by atoms with van der Waals surface area (Å²) in [5.74, 6) is 0. The minimum Gasteiger partial charge on any atom is -0.372 e. The van der Waals surface area contributed by atoms with Gasteiger partial charge in [-0.15, -0.1) is 0 Å². The van der Waals surface area contributed by atoms with Crippen molar-refractivity contribution in [3.05, 3.63) is 0 Å². The van der Waals surface area contributed by atoms with Crippen molar-refractivity contribution in [3.63, 3.8) is 0 Å². The third-order valence-electron chi connectivity index (χ3n) is 4.02. The summed E-state index contributed by atoms with van der Waals surface area (Å²) in [4.78, 5) is 2.48. The summed E-state index contributed by atoms with van der Waals surface area (Å²) in [7, 11) is 0. The standard InChI is InChI=1S/C13H21N3O/c14-7-11(15-10-1-2-10)5-6-16-8-12-3-4-13(9-16)17-12/h10-13,15H,1-6,8-9H2. The van der Waals surface area contributed by atoms with E-state index in [2.05, 4.69) is 16.3 Å². The molecule has 3 fully saturated rings. The first-order valence-electron chi connectivity index (χ1n) is 6.87. The third kappa shape index (κ3) is 2.98. The second-order valence-corrected chi connectivity index (χ2v) is 5.63. The van der Waals surface area contributed by atoms with Crippen molar-refractivity contribution in [2.45, 2.75) is 56.4 Å². The van der Waals surface area contributed by atoms with Gasteiger partial charge in [0.15, 0.2) is 0 Å². The van der Waals surface area contributed by atoms with Crippen LogP contribution in [0.2, 0.25) is 0 Å². The molecule has 4 heteroatoms. The van der Waals surface area contributed by atoms with Crippen LogP contribution in [0.5, 0.6) is 0 Å². The fourth-order valence-electron chi connectivity index (χ4n) is 2.91. The van der Waals surface area contributed by atoms with Gasteiger partial charge in [0, 0.05) is 25.7 Å². The van der Waals surface area contributed by atoms with Gasteiger partial charge in [0.1, 0.15) is 0 Å². The Kier molecular flexibility index (Phi) is 3.32. The zero-order valence-corrected chi connectivity index (χ0v) is 10.3. The van der Waals surface area contributed by atoms with Gasteiger partial charge >= 0.3 is 0 Å². The van der Waals surface area contributed by atoms with E-state index in [0.29, 0.717) is 18.2 Å². The van der Waals surface area contributed by atoms with Gasteiger partial charge in [0.2, 0.25) is 0 Å². The van der Waals surface area contributed by atoms with Crippen molar-refractivity contribution in [3.8, 4) is 6.07 Å². The maximum atomic E-state index is 9.09. The van der Waals surface area contributed by atoms with Crippen molar-refractivity contribution >= 4 is 0 Å². The second-order valence-electron chi connectivity index (χ2n) is 5.63. The van der Waals surface area contributed by atoms with Crippen molar-refractivity contribution in [2.75, 3.05) is 19.6 Å². The first kappa shape index (κ1) is 11.5. The van der Waals surface area contributed by atoms with Gasteiger partial charge in [0.25, 0.3) is 0 Å². The molecule has 3 rings (SSSR count). The molecule has 94 valence electrons. The fraction of sp³-hybridized carbons (Fsp3) is 0.923. The molecule has 4 nitrogen and oxygen atoms in total. The first-order valence-corrected chi connectivity index (χ1v) is 6.87. The molecule has 0 aromatic carbocycles. The first-order chi connectivity index (χ1) is 8.33. The van der Waals surface area contributed by atoms with Gasteiger partial charge in [-0.05, 0) is 32.1 Å². The average molecular weight is 235 g/mol. The molecule has 0 aromatic heterocycles. The maximum Gasteiger partial charge on any atom is 0.0967 e. The van der Waals surface area contributed by atoms with Crippen LogP contribution in [0.3, 0.4) is 0 Å². The predicted molar refractivity (Wildman–Crippen MR) is 64.5 cm³/mol. The number of hydrogen-bond donors (Lipinski definition) is 1. The summed E-state index contributed by atoms with van der Waals surface area (Å²) in [6.07, 6.45) is 6.83. The van der Waals surface area contributed by atoms with Crippen molar-refractivity contribution < 1.29 is 4.74 Å². The summed E-state index contributed by atoms with van der Waals surface area (Å²) in [6.45, 7) is 3.17. The molecule has 0 amide bonds. The number of morpholine rings is 1. The van der Waals surface area contributed by atoms with Gasteiger partial charge in [-0.2, -0.15) is 5.26 Å². The number of hydrogen-bond acceptors (Lipinski definition) is 4. The molecule has 3 unspecified atom stereocenters. The number of fused-ring (bicyclic) bond motifs is 2. The van der Waals surface area contributed by atoms with Crippen molar-refractivity contribution in [1.82, 2.24) is 10.2 Å². The Morgan fingerprint density at radius 2 is 1.94 bits per heavy atom. The summed E-state index contributed by atoms with van der Waals surface area (Å²) in [5.41, 5.74) is 0. The lowest BCUT2D eigenvalue weighted by Crippen LogP contribution is -2.44. The third-order valence-corrected chi connectivity index (χ3v) is 4.02. The number of ether oxygens (including phenoxy) is 1. The van der Waals surface area contributed by atoms with Crippen molar-refractivity contribution in [1.29, 1.82) is 5.26 Å². The SMILES string of the molecule is N#CC(CCN1CC2CCC(C1)O2)NC1CC1. The van der Waals surface area contributed by atoms with Crippen LogP contribution in [0.1, 0.15) is 32.1 Å². The molecule has 2 aliphatic heterocycles. The lowest BCUT2D eigenvalue weighted by atomic mass is 10.2. The van der Waals surface area contributed by atoms with Crippen molar-refractivity contribution in [2.24, 2.45) is 0 Å². The van der Waals surface area contributed by atoms with Crippen LogP contribution >= 0.6 is 0 Å². The molecular formula is C13H21N3O. The van der Waals surface area contributed by atoms with Crippen LogP contribution < -0.4 is 5.32 Å². The van der Waals surface area contributed by atoms with E-state index in [1.54, 1.807) is 0 Å². The molecule has 17 heavy (non-hydrogen) atoms. The van der Waals surface area contributed by atoms with Gasteiger partial charge in [0.05, 0.1) is 24.3 Å². The average Bonchev–Trinajstić information content (AvgIpc) is 3.10. The largest absolute Gasteiger partial charge is 0.372 e. The van der Waals surface area contributed by atoms with E-state index in [1.807, 2.05) is 0 Å². The van der Waals surface area contributed by atoms with E-state index < -0.39 is 0 Å². The summed E-state index contributed by atoms with van der Waals surface area (Å²) in [5, 5.41) is 12.5. The van der Waals surface area contributed by atoms with Gasteiger partial charge in [-0.3, -0.25) is 10.2 Å². The molecular weight excluding hydrogens is 214 g/mol. The number of nitriles is 1. The molecule has 1 N–H and O–H groups in total. The lowest BCUT2D eigenvalue weighted by molar-refractivity contribution is -0.0387. The van der Waals surface area contributed by atoms with Crippen LogP contribution in [-0.4, -0.2) is 48.8 Å². The lowest BCUT2D eigenvalue weighted by Gasteiger charge is -2.32. The molecule has 0 spiro atoms. The maximum absolute atomic E-state index is 9.09.